The second-order valence-corrected chi connectivity index (χ2v) is 4.97. The Bertz CT molecular complexity index is 803. The smallest absolute Gasteiger partial charge is 0.322 e. The molecule has 0 fully saturated rings. The number of nitrogens with two attached hydrogens (primary N) is 1. The summed E-state index contributed by atoms with van der Waals surface area (Å²) in [6.07, 6.45) is 5.71. The van der Waals surface area contributed by atoms with Crippen molar-refractivity contribution in [2.24, 2.45) is 5.73 Å². The van der Waals surface area contributed by atoms with Crippen LogP contribution in [0.5, 0.6) is 0 Å². The van der Waals surface area contributed by atoms with E-state index in [0.717, 1.165) is 12.0 Å². The molecule has 6 nitrogen and oxygen atoms in total. The van der Waals surface area contributed by atoms with Crippen LogP contribution in [0.2, 0.25) is 0 Å². The van der Waals surface area contributed by atoms with Crippen molar-refractivity contribution in [2.75, 3.05) is 0 Å². The molecule has 2 heterocycles. The fraction of sp³-hybridized carbons (Fsp3) is 0.267. The molecule has 0 aliphatic rings. The minimum atomic E-state index is -0.272. The number of nitrogens with zero attached hydrogens (tertiary/aromatic N) is 4. The normalized spacial score (nSPS) is 12.7. The third kappa shape index (κ3) is 2.57. The highest BCUT2D eigenvalue weighted by Gasteiger charge is 2.12. The quantitative estimate of drug-likeness (QED) is 0.779. The molecule has 0 aliphatic carbocycles. The van der Waals surface area contributed by atoms with Crippen LogP contribution in [-0.4, -0.2) is 19.2 Å². The van der Waals surface area contributed by atoms with Crippen molar-refractivity contribution in [3.63, 3.8) is 0 Å². The molecule has 2 N–H and O–H groups in total. The molecule has 3 rings (SSSR count). The second kappa shape index (κ2) is 5.49. The summed E-state index contributed by atoms with van der Waals surface area (Å²) in [5.41, 5.74) is 8.77. The van der Waals surface area contributed by atoms with Crippen molar-refractivity contribution in [3.05, 3.63) is 64.5 Å². The van der Waals surface area contributed by atoms with Gasteiger partial charge in [0.25, 0.3) is 0 Å². The van der Waals surface area contributed by atoms with E-state index in [9.17, 15) is 4.79 Å². The van der Waals surface area contributed by atoms with E-state index in [0.29, 0.717) is 12.2 Å². The van der Waals surface area contributed by atoms with Gasteiger partial charge in [-0.3, -0.25) is 4.98 Å². The molecule has 0 radical (unpaired) electrons. The summed E-state index contributed by atoms with van der Waals surface area (Å²) >= 11 is 0. The van der Waals surface area contributed by atoms with Crippen LogP contribution in [0.25, 0.3) is 5.65 Å². The minimum Gasteiger partial charge on any atom is -0.322 e. The summed E-state index contributed by atoms with van der Waals surface area (Å²) in [4.78, 5) is 16.1. The molecule has 1 unspecified atom stereocenters. The zero-order valence-corrected chi connectivity index (χ0v) is 11.8. The predicted molar refractivity (Wildman–Crippen MR) is 80.0 cm³/mol. The molecule has 1 atom stereocenters. The Hall–Kier alpha value is -2.47. The summed E-state index contributed by atoms with van der Waals surface area (Å²) in [5.74, 6) is 0. The van der Waals surface area contributed by atoms with E-state index in [2.05, 4.69) is 29.1 Å². The lowest BCUT2D eigenvalue weighted by Crippen LogP contribution is -2.27. The Labute approximate surface area is 121 Å². The van der Waals surface area contributed by atoms with Crippen LogP contribution in [-0.2, 0) is 13.0 Å². The van der Waals surface area contributed by atoms with Crippen LogP contribution < -0.4 is 11.4 Å². The number of hydrogen-bond acceptors (Lipinski definition) is 4. The molecule has 0 saturated heterocycles. The fourth-order valence-corrected chi connectivity index (χ4v) is 2.29. The first-order valence-electron chi connectivity index (χ1n) is 6.92. The maximum absolute atomic E-state index is 12.2. The summed E-state index contributed by atoms with van der Waals surface area (Å²) in [5, 5.41) is 4.24. The first-order chi connectivity index (χ1) is 10.2. The van der Waals surface area contributed by atoms with E-state index in [1.165, 1.54) is 14.6 Å². The van der Waals surface area contributed by atoms with E-state index in [1.54, 1.807) is 18.6 Å². The highest BCUT2D eigenvalue weighted by Crippen LogP contribution is 2.13. The van der Waals surface area contributed by atoms with E-state index in [-0.39, 0.29) is 11.7 Å². The van der Waals surface area contributed by atoms with Gasteiger partial charge in [0, 0.05) is 18.4 Å². The van der Waals surface area contributed by atoms with E-state index in [4.69, 9.17) is 5.73 Å². The predicted octanol–water partition coefficient (Wildman–Crippen LogP) is 1.15. The molecular formula is C15H17N5O. The van der Waals surface area contributed by atoms with E-state index < -0.39 is 0 Å². The molecular weight excluding hydrogens is 266 g/mol. The van der Waals surface area contributed by atoms with E-state index >= 15 is 0 Å². The summed E-state index contributed by atoms with van der Waals surface area (Å²) in [6.45, 7) is 2.45. The van der Waals surface area contributed by atoms with Crippen molar-refractivity contribution in [2.45, 2.75) is 25.9 Å². The van der Waals surface area contributed by atoms with Crippen molar-refractivity contribution in [3.8, 4) is 0 Å². The Kier molecular flexibility index (Phi) is 3.53. The van der Waals surface area contributed by atoms with Crippen molar-refractivity contribution in [1.82, 2.24) is 19.2 Å². The lowest BCUT2D eigenvalue weighted by atomic mass is 10.0. The van der Waals surface area contributed by atoms with Crippen LogP contribution in [0, 0.1) is 0 Å². The molecule has 21 heavy (non-hydrogen) atoms. The maximum atomic E-state index is 12.2. The van der Waals surface area contributed by atoms with Gasteiger partial charge in [0.05, 0.1) is 12.7 Å². The zero-order chi connectivity index (χ0) is 14.8. The molecule has 0 bridgehead atoms. The molecule has 1 aromatic carbocycles. The Morgan fingerprint density at radius 2 is 2.05 bits per heavy atom. The molecule has 0 saturated carbocycles. The van der Waals surface area contributed by atoms with Gasteiger partial charge < -0.3 is 5.73 Å². The van der Waals surface area contributed by atoms with Gasteiger partial charge in [-0.05, 0) is 17.5 Å². The van der Waals surface area contributed by atoms with Gasteiger partial charge in [0.1, 0.15) is 0 Å². The van der Waals surface area contributed by atoms with Gasteiger partial charge in [-0.2, -0.15) is 0 Å². The highest BCUT2D eigenvalue weighted by molar-refractivity contribution is 5.32. The van der Waals surface area contributed by atoms with Crippen molar-refractivity contribution in [1.29, 1.82) is 0 Å². The maximum Gasteiger partial charge on any atom is 0.350 e. The monoisotopic (exact) mass is 283 g/mol. The first kappa shape index (κ1) is 13.5. The fourth-order valence-electron chi connectivity index (χ4n) is 2.29. The van der Waals surface area contributed by atoms with Crippen molar-refractivity contribution < 1.29 is 0 Å². The number of aryl methyl sites for hydroxylation is 1. The van der Waals surface area contributed by atoms with Gasteiger partial charge in [-0.15, -0.1) is 5.10 Å². The standard InChI is InChI=1S/C15H17N5O/c1-2-11-3-5-12(6-4-11)13(16)10-20-15(21)19-8-7-17-9-14(19)18-20/h3-9,13H,2,10,16H2,1H3. The number of benzene rings is 1. The van der Waals surface area contributed by atoms with Crippen LogP contribution in [0.15, 0.2) is 47.7 Å². The number of rotatable bonds is 4. The molecule has 0 aliphatic heterocycles. The topological polar surface area (TPSA) is 78.2 Å². The zero-order valence-electron chi connectivity index (χ0n) is 11.8. The number of hydrogen-bond donors (Lipinski definition) is 1. The molecule has 108 valence electrons. The number of aromatic nitrogens is 4. The lowest BCUT2D eigenvalue weighted by Gasteiger charge is -2.11. The second-order valence-electron chi connectivity index (χ2n) is 4.97. The third-order valence-electron chi connectivity index (χ3n) is 3.57. The largest absolute Gasteiger partial charge is 0.350 e. The molecule has 0 spiro atoms. The summed E-state index contributed by atoms with van der Waals surface area (Å²) in [6, 6.07) is 7.86. The van der Waals surface area contributed by atoms with Gasteiger partial charge in [0.15, 0.2) is 5.65 Å². The molecule has 3 aromatic rings. The number of fused-ring (bicyclic) bond motifs is 1. The molecule has 0 amide bonds. The average molecular weight is 283 g/mol. The molecule has 2 aromatic heterocycles. The van der Waals surface area contributed by atoms with Crippen LogP contribution >= 0.6 is 0 Å². The van der Waals surface area contributed by atoms with Crippen LogP contribution in [0.1, 0.15) is 24.1 Å². The van der Waals surface area contributed by atoms with Crippen LogP contribution in [0.4, 0.5) is 0 Å². The van der Waals surface area contributed by atoms with Gasteiger partial charge in [0.2, 0.25) is 0 Å². The average Bonchev–Trinajstić information content (AvgIpc) is 2.84. The van der Waals surface area contributed by atoms with Gasteiger partial charge >= 0.3 is 5.69 Å². The minimum absolute atomic E-state index is 0.201. The Balaban J connectivity index is 1.87. The third-order valence-corrected chi connectivity index (χ3v) is 3.57. The van der Waals surface area contributed by atoms with Crippen LogP contribution in [0.3, 0.4) is 0 Å². The summed E-state index contributed by atoms with van der Waals surface area (Å²) in [7, 11) is 0. The van der Waals surface area contributed by atoms with Gasteiger partial charge in [-0.1, -0.05) is 31.2 Å². The van der Waals surface area contributed by atoms with Crippen molar-refractivity contribution >= 4 is 5.65 Å². The lowest BCUT2D eigenvalue weighted by molar-refractivity contribution is 0.513. The van der Waals surface area contributed by atoms with Gasteiger partial charge in [-0.25, -0.2) is 13.9 Å². The SMILES string of the molecule is CCc1ccc(C(N)Cn2nc3cnccn3c2=O)cc1. The summed E-state index contributed by atoms with van der Waals surface area (Å²) < 4.78 is 2.84. The molecule has 6 heteroatoms. The van der Waals surface area contributed by atoms with E-state index in [1.807, 2.05) is 12.1 Å². The highest BCUT2D eigenvalue weighted by atomic mass is 16.2. The Morgan fingerprint density at radius 3 is 2.71 bits per heavy atom. The Morgan fingerprint density at radius 1 is 1.29 bits per heavy atom. The first-order valence-corrected chi connectivity index (χ1v) is 6.92.